The van der Waals surface area contributed by atoms with Gasteiger partial charge in [0.25, 0.3) is 0 Å². The molecule has 1 amide bonds. The van der Waals surface area contributed by atoms with Crippen molar-refractivity contribution in [3.63, 3.8) is 0 Å². The van der Waals surface area contributed by atoms with Crippen LogP contribution >= 0.6 is 0 Å². The number of nitrogens with one attached hydrogen (secondary N) is 1. The topological polar surface area (TPSA) is 29.1 Å². The molecule has 1 rings (SSSR count). The lowest BCUT2D eigenvalue weighted by Crippen LogP contribution is -2.27. The van der Waals surface area contributed by atoms with Gasteiger partial charge in [-0.2, -0.15) is 0 Å². The molecule has 0 fully saturated rings. The monoisotopic (exact) mass is 139 g/mol. The fourth-order valence-corrected chi connectivity index (χ4v) is 1.18. The van der Waals surface area contributed by atoms with Gasteiger partial charge in [0.05, 0.1) is 0 Å². The lowest BCUT2D eigenvalue weighted by molar-refractivity contribution is -0.120. The van der Waals surface area contributed by atoms with Crippen LogP contribution in [-0.2, 0) is 4.79 Å². The molecule has 0 aromatic rings. The number of rotatable bonds is 1. The quantitative estimate of drug-likeness (QED) is 0.587. The number of carbonyl (C=O) groups is 1. The molecule has 1 heterocycles. The summed E-state index contributed by atoms with van der Waals surface area (Å²) in [6.07, 6.45) is 2.54. The van der Waals surface area contributed by atoms with Crippen LogP contribution in [0.2, 0.25) is 0 Å². The van der Waals surface area contributed by atoms with Crippen LogP contribution in [0.3, 0.4) is 0 Å². The summed E-state index contributed by atoms with van der Waals surface area (Å²) in [7, 11) is 0. The van der Waals surface area contributed by atoms with E-state index in [-0.39, 0.29) is 5.91 Å². The Morgan fingerprint density at radius 2 is 2.20 bits per heavy atom. The smallest absolute Gasteiger partial charge is 0.224 e. The highest BCUT2D eigenvalue weighted by molar-refractivity contribution is 5.79. The average molecular weight is 139 g/mol. The standard InChI is InChI=1S/C8H13NO/c1-3-7-6(2)4-5-8(10)9-7/h3-5H2,1-2H3,(H,9,10). The second kappa shape index (κ2) is 2.86. The lowest BCUT2D eigenvalue weighted by Gasteiger charge is -2.16. The molecule has 0 unspecified atom stereocenters. The van der Waals surface area contributed by atoms with Crippen molar-refractivity contribution in [3.05, 3.63) is 11.3 Å². The zero-order valence-corrected chi connectivity index (χ0v) is 6.53. The fourth-order valence-electron chi connectivity index (χ4n) is 1.18. The van der Waals surface area contributed by atoms with Crippen LogP contribution in [0.15, 0.2) is 11.3 Å². The third-order valence-corrected chi connectivity index (χ3v) is 1.89. The van der Waals surface area contributed by atoms with Crippen LogP contribution < -0.4 is 5.32 Å². The van der Waals surface area contributed by atoms with Gasteiger partial charge in [-0.25, -0.2) is 0 Å². The van der Waals surface area contributed by atoms with Crippen molar-refractivity contribution in [3.8, 4) is 0 Å². The molecule has 2 nitrogen and oxygen atoms in total. The first kappa shape index (κ1) is 7.32. The molecule has 0 spiro atoms. The molecule has 0 saturated heterocycles. The summed E-state index contributed by atoms with van der Waals surface area (Å²) < 4.78 is 0. The third-order valence-electron chi connectivity index (χ3n) is 1.89. The molecule has 1 aliphatic rings. The average Bonchev–Trinajstić information content (AvgIpc) is 1.94. The van der Waals surface area contributed by atoms with Gasteiger partial charge >= 0.3 is 0 Å². The van der Waals surface area contributed by atoms with Crippen molar-refractivity contribution in [2.45, 2.75) is 33.1 Å². The van der Waals surface area contributed by atoms with Crippen LogP contribution in [0, 0.1) is 0 Å². The van der Waals surface area contributed by atoms with Gasteiger partial charge in [0.1, 0.15) is 0 Å². The van der Waals surface area contributed by atoms with E-state index in [9.17, 15) is 4.79 Å². The highest BCUT2D eigenvalue weighted by Crippen LogP contribution is 2.15. The summed E-state index contributed by atoms with van der Waals surface area (Å²) in [5.74, 6) is 0.169. The Morgan fingerprint density at radius 3 is 2.70 bits per heavy atom. The van der Waals surface area contributed by atoms with Gasteiger partial charge in [-0.3, -0.25) is 4.79 Å². The lowest BCUT2D eigenvalue weighted by atomic mass is 10.0. The third kappa shape index (κ3) is 1.38. The summed E-state index contributed by atoms with van der Waals surface area (Å²) in [4.78, 5) is 10.8. The molecule has 0 aromatic heterocycles. The molecule has 0 radical (unpaired) electrons. The Labute approximate surface area is 61.3 Å². The van der Waals surface area contributed by atoms with Crippen molar-refractivity contribution in [1.29, 1.82) is 0 Å². The van der Waals surface area contributed by atoms with E-state index in [4.69, 9.17) is 0 Å². The van der Waals surface area contributed by atoms with E-state index in [2.05, 4.69) is 19.2 Å². The zero-order valence-electron chi connectivity index (χ0n) is 6.53. The normalized spacial score (nSPS) is 19.2. The Hall–Kier alpha value is -0.790. The molecule has 10 heavy (non-hydrogen) atoms. The molecule has 2 heteroatoms. The Morgan fingerprint density at radius 1 is 1.50 bits per heavy atom. The first-order valence-corrected chi connectivity index (χ1v) is 3.72. The van der Waals surface area contributed by atoms with Gasteiger partial charge in [-0.05, 0) is 19.8 Å². The summed E-state index contributed by atoms with van der Waals surface area (Å²) in [6.45, 7) is 4.14. The zero-order chi connectivity index (χ0) is 7.56. The predicted molar refractivity (Wildman–Crippen MR) is 40.4 cm³/mol. The minimum absolute atomic E-state index is 0.169. The molecule has 56 valence electrons. The molecular formula is C8H13NO. The van der Waals surface area contributed by atoms with Crippen LogP contribution in [0.4, 0.5) is 0 Å². The van der Waals surface area contributed by atoms with Gasteiger partial charge < -0.3 is 5.32 Å². The minimum Gasteiger partial charge on any atom is -0.330 e. The molecular weight excluding hydrogens is 126 g/mol. The maximum Gasteiger partial charge on any atom is 0.224 e. The summed E-state index contributed by atoms with van der Waals surface area (Å²) in [5, 5.41) is 2.86. The minimum atomic E-state index is 0.169. The summed E-state index contributed by atoms with van der Waals surface area (Å²) >= 11 is 0. The highest BCUT2D eigenvalue weighted by atomic mass is 16.1. The largest absolute Gasteiger partial charge is 0.330 e. The van der Waals surface area contributed by atoms with Crippen molar-refractivity contribution in [2.75, 3.05) is 0 Å². The van der Waals surface area contributed by atoms with E-state index in [0.29, 0.717) is 6.42 Å². The van der Waals surface area contributed by atoms with Crippen LogP contribution in [-0.4, -0.2) is 5.91 Å². The van der Waals surface area contributed by atoms with E-state index in [0.717, 1.165) is 18.5 Å². The summed E-state index contributed by atoms with van der Waals surface area (Å²) in [5.41, 5.74) is 2.46. The van der Waals surface area contributed by atoms with E-state index in [1.54, 1.807) is 0 Å². The van der Waals surface area contributed by atoms with Crippen molar-refractivity contribution in [2.24, 2.45) is 0 Å². The number of hydrogen-bond donors (Lipinski definition) is 1. The van der Waals surface area contributed by atoms with E-state index in [1.807, 2.05) is 0 Å². The van der Waals surface area contributed by atoms with Gasteiger partial charge in [0, 0.05) is 12.1 Å². The second-order valence-corrected chi connectivity index (χ2v) is 2.66. The molecule has 1 N–H and O–H groups in total. The van der Waals surface area contributed by atoms with Gasteiger partial charge in [-0.1, -0.05) is 12.5 Å². The van der Waals surface area contributed by atoms with E-state index in [1.165, 1.54) is 5.57 Å². The SMILES string of the molecule is CCC1=C(C)CCC(=O)N1. The first-order chi connectivity index (χ1) is 4.74. The Bertz CT molecular complexity index is 182. The van der Waals surface area contributed by atoms with Crippen molar-refractivity contribution < 1.29 is 4.79 Å². The molecule has 0 saturated carbocycles. The van der Waals surface area contributed by atoms with Gasteiger partial charge in [0.15, 0.2) is 0 Å². The van der Waals surface area contributed by atoms with Crippen LogP contribution in [0.1, 0.15) is 33.1 Å². The number of amides is 1. The maximum atomic E-state index is 10.8. The highest BCUT2D eigenvalue weighted by Gasteiger charge is 2.12. The summed E-state index contributed by atoms with van der Waals surface area (Å²) in [6, 6.07) is 0. The maximum absolute atomic E-state index is 10.8. The number of hydrogen-bond acceptors (Lipinski definition) is 1. The predicted octanol–water partition coefficient (Wildman–Crippen LogP) is 1.58. The van der Waals surface area contributed by atoms with E-state index >= 15 is 0 Å². The molecule has 0 bridgehead atoms. The fraction of sp³-hybridized carbons (Fsp3) is 0.625. The van der Waals surface area contributed by atoms with Crippen LogP contribution in [0.25, 0.3) is 0 Å². The second-order valence-electron chi connectivity index (χ2n) is 2.66. The number of carbonyl (C=O) groups excluding carboxylic acids is 1. The molecule has 0 aromatic carbocycles. The Balaban J connectivity index is 2.72. The molecule has 0 aliphatic carbocycles. The Kier molecular flexibility index (Phi) is 2.10. The van der Waals surface area contributed by atoms with Crippen molar-refractivity contribution >= 4 is 5.91 Å². The van der Waals surface area contributed by atoms with Crippen molar-refractivity contribution in [1.82, 2.24) is 5.32 Å². The van der Waals surface area contributed by atoms with Gasteiger partial charge in [-0.15, -0.1) is 0 Å². The first-order valence-electron chi connectivity index (χ1n) is 3.72. The van der Waals surface area contributed by atoms with Crippen LogP contribution in [0.5, 0.6) is 0 Å². The molecule has 0 atom stereocenters. The number of allylic oxidation sites excluding steroid dienone is 2. The molecule has 1 aliphatic heterocycles. The van der Waals surface area contributed by atoms with Gasteiger partial charge in [0.2, 0.25) is 5.91 Å². The van der Waals surface area contributed by atoms with E-state index < -0.39 is 0 Å².